The molecule has 9 heteroatoms. The minimum absolute atomic E-state index is 0.160. The van der Waals surface area contributed by atoms with E-state index in [9.17, 15) is 24.6 Å². The number of nitrogens with zero attached hydrogens (tertiary/aromatic N) is 1. The zero-order chi connectivity index (χ0) is 25.0. The van der Waals surface area contributed by atoms with E-state index >= 15 is 0 Å². The van der Waals surface area contributed by atoms with E-state index in [1.54, 1.807) is 32.9 Å². The van der Waals surface area contributed by atoms with Crippen LogP contribution >= 0.6 is 0 Å². The molecule has 0 radical (unpaired) electrons. The van der Waals surface area contributed by atoms with Gasteiger partial charge in [0, 0.05) is 13.1 Å². The van der Waals surface area contributed by atoms with Gasteiger partial charge < -0.3 is 30.5 Å². The first-order valence-corrected chi connectivity index (χ1v) is 11.4. The van der Waals surface area contributed by atoms with Crippen LogP contribution in [0.3, 0.4) is 0 Å². The van der Waals surface area contributed by atoms with Crippen LogP contribution in [0.1, 0.15) is 64.1 Å². The van der Waals surface area contributed by atoms with Crippen molar-refractivity contribution in [1.82, 2.24) is 15.5 Å². The molecule has 1 aromatic rings. The number of aliphatic hydroxyl groups is 2. The summed E-state index contributed by atoms with van der Waals surface area (Å²) in [5, 5.41) is 24.7. The second-order valence-corrected chi connectivity index (χ2v) is 8.89. The summed E-state index contributed by atoms with van der Waals surface area (Å²) in [4.78, 5) is 40.0. The van der Waals surface area contributed by atoms with Crippen molar-refractivity contribution >= 4 is 17.9 Å². The van der Waals surface area contributed by atoms with Crippen molar-refractivity contribution in [3.63, 3.8) is 0 Å². The average Bonchev–Trinajstić information content (AvgIpc) is 2.74. The molecule has 33 heavy (non-hydrogen) atoms. The fourth-order valence-electron chi connectivity index (χ4n) is 3.34. The maximum Gasteiger partial charge on any atom is 0.408 e. The highest BCUT2D eigenvalue weighted by molar-refractivity contribution is 5.92. The smallest absolute Gasteiger partial charge is 0.408 e. The predicted octanol–water partition coefficient (Wildman–Crippen LogP) is 2.05. The van der Waals surface area contributed by atoms with Crippen LogP contribution < -0.4 is 10.6 Å². The Morgan fingerprint density at radius 3 is 2.33 bits per heavy atom. The molecule has 0 spiro atoms. The van der Waals surface area contributed by atoms with Crippen molar-refractivity contribution in [1.29, 1.82) is 0 Å². The van der Waals surface area contributed by atoms with E-state index in [-0.39, 0.29) is 6.54 Å². The first-order valence-electron chi connectivity index (χ1n) is 11.4. The van der Waals surface area contributed by atoms with Crippen LogP contribution in [0.2, 0.25) is 0 Å². The van der Waals surface area contributed by atoms with Crippen molar-refractivity contribution in [2.75, 3.05) is 26.3 Å². The molecule has 9 nitrogen and oxygen atoms in total. The van der Waals surface area contributed by atoms with Gasteiger partial charge in [-0.25, -0.2) is 4.79 Å². The van der Waals surface area contributed by atoms with E-state index in [1.165, 1.54) is 4.90 Å². The highest BCUT2D eigenvalue weighted by Crippen LogP contribution is 2.25. The normalized spacial score (nSPS) is 13.1. The Labute approximate surface area is 196 Å². The molecule has 186 valence electrons. The zero-order valence-corrected chi connectivity index (χ0v) is 20.4. The third-order valence-electron chi connectivity index (χ3n) is 4.92. The van der Waals surface area contributed by atoms with Gasteiger partial charge >= 0.3 is 6.09 Å². The van der Waals surface area contributed by atoms with Crippen LogP contribution in [0.15, 0.2) is 24.3 Å². The molecule has 0 heterocycles. The van der Waals surface area contributed by atoms with Crippen LogP contribution in [-0.4, -0.2) is 71.0 Å². The second kappa shape index (κ2) is 13.8. The van der Waals surface area contributed by atoms with Gasteiger partial charge in [-0.1, -0.05) is 44.0 Å². The summed E-state index contributed by atoms with van der Waals surface area (Å²) in [7, 11) is 0. The Morgan fingerprint density at radius 1 is 1.12 bits per heavy atom. The van der Waals surface area contributed by atoms with Crippen molar-refractivity contribution in [2.24, 2.45) is 0 Å². The first-order chi connectivity index (χ1) is 15.6. The average molecular weight is 466 g/mol. The molecule has 0 bridgehead atoms. The number of aryl methyl sites for hydroxylation is 1. The van der Waals surface area contributed by atoms with Gasteiger partial charge in [0.15, 0.2) is 0 Å². The lowest BCUT2D eigenvalue weighted by molar-refractivity contribution is -0.143. The summed E-state index contributed by atoms with van der Waals surface area (Å²) >= 11 is 0. The van der Waals surface area contributed by atoms with Crippen LogP contribution in [0.4, 0.5) is 4.79 Å². The zero-order valence-electron chi connectivity index (χ0n) is 20.4. The third kappa shape index (κ3) is 9.39. The number of carbonyl (C=O) groups excluding carboxylic acids is 3. The molecular formula is C24H39N3O6. The van der Waals surface area contributed by atoms with E-state index in [0.29, 0.717) is 12.1 Å². The van der Waals surface area contributed by atoms with Crippen LogP contribution in [0, 0.1) is 6.92 Å². The molecular weight excluding hydrogens is 426 g/mol. The number of aliphatic hydroxyl groups excluding tert-OH is 2. The molecule has 0 aliphatic rings. The van der Waals surface area contributed by atoms with E-state index in [2.05, 4.69) is 17.6 Å². The quantitative estimate of drug-likeness (QED) is 0.350. The summed E-state index contributed by atoms with van der Waals surface area (Å²) in [6.07, 6.45) is 1.90. The summed E-state index contributed by atoms with van der Waals surface area (Å²) in [6.45, 7) is 8.12. The van der Waals surface area contributed by atoms with Crippen LogP contribution in [0.5, 0.6) is 0 Å². The number of hydrogen-bond donors (Lipinski definition) is 4. The molecule has 0 aromatic heterocycles. The van der Waals surface area contributed by atoms with Crippen molar-refractivity contribution in [3.05, 3.63) is 35.4 Å². The molecule has 2 atom stereocenters. The van der Waals surface area contributed by atoms with E-state index in [0.717, 1.165) is 24.8 Å². The number of nitrogens with one attached hydrogen (secondary N) is 2. The lowest BCUT2D eigenvalue weighted by Crippen LogP contribution is -2.55. The first kappa shape index (κ1) is 28.4. The maximum atomic E-state index is 13.4. The molecule has 0 aliphatic carbocycles. The number of unbranched alkanes of at least 4 members (excludes halogenated alkanes) is 2. The summed E-state index contributed by atoms with van der Waals surface area (Å²) < 4.78 is 5.19. The van der Waals surface area contributed by atoms with Crippen LogP contribution in [-0.2, 0) is 14.3 Å². The molecule has 0 aliphatic heterocycles. The molecule has 0 saturated heterocycles. The Balaban J connectivity index is 3.25. The van der Waals surface area contributed by atoms with Gasteiger partial charge in [0.25, 0.3) is 0 Å². The topological polar surface area (TPSA) is 128 Å². The van der Waals surface area contributed by atoms with Crippen molar-refractivity contribution in [2.45, 2.75) is 71.6 Å². The number of carbonyl (C=O) groups is 3. The van der Waals surface area contributed by atoms with Crippen LogP contribution in [0.25, 0.3) is 0 Å². The summed E-state index contributed by atoms with van der Waals surface area (Å²) in [5.41, 5.74) is 0.601. The molecule has 4 N–H and O–H groups in total. The van der Waals surface area contributed by atoms with E-state index in [1.807, 2.05) is 19.1 Å². The van der Waals surface area contributed by atoms with Gasteiger partial charge in [-0.15, -0.1) is 0 Å². The van der Waals surface area contributed by atoms with Gasteiger partial charge in [0.05, 0.1) is 13.2 Å². The van der Waals surface area contributed by atoms with Gasteiger partial charge in [-0.3, -0.25) is 9.59 Å². The SMILES string of the molecule is CCCCCNC(=O)C(c1ccccc1C)N(CCO)C(=O)C(CO)NC(=O)OC(C)(C)C. The van der Waals surface area contributed by atoms with E-state index in [4.69, 9.17) is 4.74 Å². The predicted molar refractivity (Wildman–Crippen MR) is 125 cm³/mol. The third-order valence-corrected chi connectivity index (χ3v) is 4.92. The number of rotatable bonds is 12. The number of hydrogen-bond acceptors (Lipinski definition) is 6. The summed E-state index contributed by atoms with van der Waals surface area (Å²) in [5.74, 6) is -1.09. The standard InChI is InChI=1S/C24H39N3O6/c1-6-7-10-13-25-21(30)20(18-12-9-8-11-17(18)2)27(14-15-28)22(31)19(16-29)26-23(32)33-24(3,4)5/h8-9,11-12,19-20,28-29H,6-7,10,13-16H2,1-5H3,(H,25,30)(H,26,32). The maximum absolute atomic E-state index is 13.4. The molecule has 1 aromatic carbocycles. The molecule has 0 fully saturated rings. The van der Waals surface area contributed by atoms with Gasteiger partial charge in [-0.05, 0) is 45.2 Å². The molecule has 2 unspecified atom stereocenters. The fourth-order valence-corrected chi connectivity index (χ4v) is 3.34. The Bertz CT molecular complexity index is 778. The number of amides is 3. The van der Waals surface area contributed by atoms with E-state index < -0.39 is 48.8 Å². The molecule has 1 rings (SSSR count). The Morgan fingerprint density at radius 2 is 1.79 bits per heavy atom. The minimum atomic E-state index is -1.34. The molecule has 0 saturated carbocycles. The summed E-state index contributed by atoms with van der Waals surface area (Å²) in [6, 6.07) is 4.79. The monoisotopic (exact) mass is 465 g/mol. The van der Waals surface area contributed by atoms with Gasteiger partial charge in [0.2, 0.25) is 11.8 Å². The molecule has 3 amide bonds. The highest BCUT2D eigenvalue weighted by atomic mass is 16.6. The van der Waals surface area contributed by atoms with Crippen molar-refractivity contribution < 1.29 is 29.3 Å². The Hall–Kier alpha value is -2.65. The van der Waals surface area contributed by atoms with Gasteiger partial charge in [0.1, 0.15) is 17.7 Å². The number of ether oxygens (including phenoxy) is 1. The number of alkyl carbamates (subject to hydrolysis) is 1. The number of benzene rings is 1. The lowest BCUT2D eigenvalue weighted by atomic mass is 9.98. The minimum Gasteiger partial charge on any atom is -0.444 e. The largest absolute Gasteiger partial charge is 0.444 e. The Kier molecular flexibility index (Phi) is 11.9. The fraction of sp³-hybridized carbons (Fsp3) is 0.625. The second-order valence-electron chi connectivity index (χ2n) is 8.89. The lowest BCUT2D eigenvalue weighted by Gasteiger charge is -2.34. The van der Waals surface area contributed by atoms with Crippen molar-refractivity contribution in [3.8, 4) is 0 Å². The van der Waals surface area contributed by atoms with Gasteiger partial charge in [-0.2, -0.15) is 0 Å². The highest BCUT2D eigenvalue weighted by Gasteiger charge is 2.36.